The van der Waals surface area contributed by atoms with Gasteiger partial charge in [0.25, 0.3) is 0 Å². The molecule has 0 radical (unpaired) electrons. The third-order valence-corrected chi connectivity index (χ3v) is 5.96. The molecule has 2 aromatic rings. The van der Waals surface area contributed by atoms with Crippen LogP contribution >= 0.6 is 0 Å². The number of sulfonamides is 1. The van der Waals surface area contributed by atoms with E-state index in [1.54, 1.807) is 18.5 Å². The smallest absolute Gasteiger partial charge is 0.411 e. The first-order valence-corrected chi connectivity index (χ1v) is 9.82. The predicted molar refractivity (Wildman–Crippen MR) is 96.9 cm³/mol. The average Bonchev–Trinajstić information content (AvgIpc) is 2.69. The Morgan fingerprint density at radius 2 is 1.93 bits per heavy atom. The summed E-state index contributed by atoms with van der Waals surface area (Å²) in [6.07, 6.45) is 3.62. The van der Waals surface area contributed by atoms with E-state index < -0.39 is 16.1 Å². The van der Waals surface area contributed by atoms with Crippen molar-refractivity contribution >= 4 is 21.8 Å². The minimum Gasteiger partial charge on any atom is -0.459 e. The fourth-order valence-electron chi connectivity index (χ4n) is 2.74. The normalized spacial score (nSPS) is 17.9. The zero-order valence-corrected chi connectivity index (χ0v) is 15.6. The molecule has 1 fully saturated rings. The van der Waals surface area contributed by atoms with E-state index in [0.29, 0.717) is 18.7 Å². The summed E-state index contributed by atoms with van der Waals surface area (Å²) in [5.74, 6) is 0. The topological polar surface area (TPSA) is 111 Å². The molecule has 1 saturated heterocycles. The summed E-state index contributed by atoms with van der Waals surface area (Å²) in [6, 6.07) is 7.85. The van der Waals surface area contributed by atoms with E-state index in [1.807, 2.05) is 0 Å². The molecule has 1 aliphatic rings. The van der Waals surface area contributed by atoms with Crippen LogP contribution in [0.25, 0.3) is 0 Å². The summed E-state index contributed by atoms with van der Waals surface area (Å²) in [6.45, 7) is 0.642. The van der Waals surface area contributed by atoms with E-state index in [0.717, 1.165) is 6.42 Å². The van der Waals surface area contributed by atoms with Gasteiger partial charge < -0.3 is 9.47 Å². The average molecular weight is 392 g/mol. The SMILES string of the molecule is COC(=O)Nc1ccc(S(=O)(=O)N2CCC[C@@H](Oc3ncccn3)C2)cc1. The Morgan fingerprint density at radius 1 is 1.22 bits per heavy atom. The van der Waals surface area contributed by atoms with Crippen molar-refractivity contribution in [3.63, 3.8) is 0 Å². The summed E-state index contributed by atoms with van der Waals surface area (Å²) >= 11 is 0. The molecule has 0 bridgehead atoms. The molecule has 3 rings (SSSR count). The van der Waals surface area contributed by atoms with Gasteiger partial charge in [0.05, 0.1) is 18.6 Å². The minimum absolute atomic E-state index is 0.148. The summed E-state index contributed by atoms with van der Waals surface area (Å²) in [4.78, 5) is 19.4. The lowest BCUT2D eigenvalue weighted by molar-refractivity contribution is 0.119. The van der Waals surface area contributed by atoms with Crippen LogP contribution in [0.15, 0.2) is 47.6 Å². The van der Waals surface area contributed by atoms with Crippen LogP contribution in [0.4, 0.5) is 10.5 Å². The first kappa shape index (κ1) is 19.1. The van der Waals surface area contributed by atoms with E-state index in [9.17, 15) is 13.2 Å². The van der Waals surface area contributed by atoms with Gasteiger partial charge in [0.2, 0.25) is 10.0 Å². The van der Waals surface area contributed by atoms with Crippen molar-refractivity contribution < 1.29 is 22.7 Å². The number of hydrogen-bond acceptors (Lipinski definition) is 7. The summed E-state index contributed by atoms with van der Waals surface area (Å²) < 4.78 is 37.4. The first-order valence-electron chi connectivity index (χ1n) is 8.38. The Labute approximate surface area is 157 Å². The number of amides is 1. The predicted octanol–water partition coefficient (Wildman–Crippen LogP) is 1.89. The highest BCUT2D eigenvalue weighted by Gasteiger charge is 2.31. The molecule has 144 valence electrons. The standard InChI is InChI=1S/C17H20N4O5S/c1-25-17(22)20-13-5-7-15(8-6-13)27(23,24)21-11-2-4-14(12-21)26-16-18-9-3-10-19-16/h3,5-10,14H,2,4,11-12H2,1H3,(H,20,22)/t14-/m1/s1. The van der Waals surface area contributed by atoms with E-state index in [2.05, 4.69) is 20.0 Å². The number of carbonyl (C=O) groups is 1. The highest BCUT2D eigenvalue weighted by Crippen LogP contribution is 2.23. The molecule has 0 unspecified atom stereocenters. The fourth-order valence-corrected chi connectivity index (χ4v) is 4.25. The molecule has 1 atom stereocenters. The Balaban J connectivity index is 1.69. The number of hydrogen-bond donors (Lipinski definition) is 1. The van der Waals surface area contributed by atoms with Crippen LogP contribution in [-0.4, -0.2) is 55.1 Å². The van der Waals surface area contributed by atoms with Gasteiger partial charge in [0, 0.05) is 24.6 Å². The number of rotatable bonds is 5. The second-order valence-electron chi connectivity index (χ2n) is 5.92. The summed E-state index contributed by atoms with van der Waals surface area (Å²) in [5.41, 5.74) is 0.446. The molecule has 0 aliphatic carbocycles. The Hall–Kier alpha value is -2.72. The zero-order chi connectivity index (χ0) is 19.3. The first-order chi connectivity index (χ1) is 13.0. The van der Waals surface area contributed by atoms with E-state index in [-0.39, 0.29) is 23.6 Å². The van der Waals surface area contributed by atoms with E-state index >= 15 is 0 Å². The highest BCUT2D eigenvalue weighted by molar-refractivity contribution is 7.89. The van der Waals surface area contributed by atoms with Gasteiger partial charge in [0.1, 0.15) is 6.10 Å². The molecule has 10 heteroatoms. The molecule has 0 saturated carbocycles. The van der Waals surface area contributed by atoms with Gasteiger partial charge in [-0.2, -0.15) is 4.31 Å². The summed E-state index contributed by atoms with van der Waals surface area (Å²) in [5, 5.41) is 2.48. The van der Waals surface area contributed by atoms with Crippen LogP contribution in [-0.2, 0) is 14.8 Å². The van der Waals surface area contributed by atoms with Gasteiger partial charge in [0.15, 0.2) is 0 Å². The van der Waals surface area contributed by atoms with Crippen molar-refractivity contribution in [2.75, 3.05) is 25.5 Å². The molecule has 1 N–H and O–H groups in total. The third-order valence-electron chi connectivity index (χ3n) is 4.08. The second kappa shape index (κ2) is 8.31. The maximum Gasteiger partial charge on any atom is 0.411 e. The number of carbonyl (C=O) groups excluding carboxylic acids is 1. The van der Waals surface area contributed by atoms with Gasteiger partial charge >= 0.3 is 12.1 Å². The van der Waals surface area contributed by atoms with E-state index in [1.165, 1.54) is 35.7 Å². The zero-order valence-electron chi connectivity index (χ0n) is 14.7. The molecular weight excluding hydrogens is 372 g/mol. The molecule has 1 aromatic heterocycles. The van der Waals surface area contributed by atoms with Gasteiger partial charge in [-0.3, -0.25) is 5.32 Å². The van der Waals surface area contributed by atoms with Crippen molar-refractivity contribution in [3.8, 4) is 6.01 Å². The summed E-state index contributed by atoms with van der Waals surface area (Å²) in [7, 11) is -2.42. The number of nitrogens with one attached hydrogen (secondary N) is 1. The highest BCUT2D eigenvalue weighted by atomic mass is 32.2. The third kappa shape index (κ3) is 4.72. The number of aromatic nitrogens is 2. The Kier molecular flexibility index (Phi) is 5.87. The van der Waals surface area contributed by atoms with E-state index in [4.69, 9.17) is 4.74 Å². The number of anilines is 1. The number of nitrogens with zero attached hydrogens (tertiary/aromatic N) is 3. The number of methoxy groups -OCH3 is 1. The second-order valence-corrected chi connectivity index (χ2v) is 7.86. The van der Waals surface area contributed by atoms with Crippen molar-refractivity contribution in [1.82, 2.24) is 14.3 Å². The number of benzene rings is 1. The molecule has 0 spiro atoms. The molecule has 1 aliphatic heterocycles. The molecular formula is C17H20N4O5S. The van der Waals surface area contributed by atoms with Gasteiger partial charge in [-0.25, -0.2) is 23.2 Å². The van der Waals surface area contributed by atoms with Gasteiger partial charge in [-0.05, 0) is 43.2 Å². The Morgan fingerprint density at radius 3 is 2.59 bits per heavy atom. The van der Waals surface area contributed by atoms with Crippen LogP contribution in [0.2, 0.25) is 0 Å². The Bertz CT molecular complexity index is 874. The number of ether oxygens (including phenoxy) is 2. The van der Waals surface area contributed by atoms with Crippen LogP contribution < -0.4 is 10.1 Å². The lowest BCUT2D eigenvalue weighted by Gasteiger charge is -2.31. The van der Waals surface area contributed by atoms with Gasteiger partial charge in [-0.15, -0.1) is 0 Å². The van der Waals surface area contributed by atoms with Crippen LogP contribution in [0.3, 0.4) is 0 Å². The fraction of sp³-hybridized carbons (Fsp3) is 0.353. The lowest BCUT2D eigenvalue weighted by atomic mass is 10.1. The van der Waals surface area contributed by atoms with Crippen molar-refractivity contribution in [1.29, 1.82) is 0 Å². The molecule has 1 aromatic carbocycles. The molecule has 27 heavy (non-hydrogen) atoms. The van der Waals surface area contributed by atoms with Gasteiger partial charge in [-0.1, -0.05) is 0 Å². The van der Waals surface area contributed by atoms with Crippen molar-refractivity contribution in [2.45, 2.75) is 23.8 Å². The molecule has 1 amide bonds. The number of piperidine rings is 1. The monoisotopic (exact) mass is 392 g/mol. The lowest BCUT2D eigenvalue weighted by Crippen LogP contribution is -2.44. The van der Waals surface area contributed by atoms with Crippen molar-refractivity contribution in [2.24, 2.45) is 0 Å². The molecule has 2 heterocycles. The quantitative estimate of drug-likeness (QED) is 0.827. The largest absolute Gasteiger partial charge is 0.459 e. The van der Waals surface area contributed by atoms with Crippen LogP contribution in [0.5, 0.6) is 6.01 Å². The van der Waals surface area contributed by atoms with Crippen molar-refractivity contribution in [3.05, 3.63) is 42.7 Å². The van der Waals surface area contributed by atoms with Crippen LogP contribution in [0.1, 0.15) is 12.8 Å². The molecule has 9 nitrogen and oxygen atoms in total. The maximum atomic E-state index is 12.9. The minimum atomic E-state index is -3.67. The maximum absolute atomic E-state index is 12.9. The van der Waals surface area contributed by atoms with Crippen LogP contribution in [0, 0.1) is 0 Å².